The van der Waals surface area contributed by atoms with E-state index in [0.717, 1.165) is 17.9 Å². The van der Waals surface area contributed by atoms with Crippen LogP contribution in [0.15, 0.2) is 48.5 Å². The predicted molar refractivity (Wildman–Crippen MR) is 80.9 cm³/mol. The van der Waals surface area contributed by atoms with Crippen LogP contribution in [-0.4, -0.2) is 0 Å². The van der Waals surface area contributed by atoms with Crippen LogP contribution in [0.5, 0.6) is 11.5 Å². The van der Waals surface area contributed by atoms with E-state index < -0.39 is 0 Å². The molecular weight excluding hydrogens is 232 g/mol. The van der Waals surface area contributed by atoms with Gasteiger partial charge in [-0.15, -0.1) is 0 Å². The highest BCUT2D eigenvalue weighted by molar-refractivity contribution is 5.35. The van der Waals surface area contributed by atoms with Crippen molar-refractivity contribution in [2.24, 2.45) is 5.41 Å². The second-order valence-corrected chi connectivity index (χ2v) is 6.30. The van der Waals surface area contributed by atoms with E-state index in [2.05, 4.69) is 58.0 Å². The van der Waals surface area contributed by atoms with E-state index >= 15 is 0 Å². The molecule has 0 saturated carbocycles. The lowest BCUT2D eigenvalue weighted by molar-refractivity contribution is 0.409. The third-order valence-corrected chi connectivity index (χ3v) is 2.89. The van der Waals surface area contributed by atoms with Crippen molar-refractivity contribution in [1.82, 2.24) is 0 Å². The summed E-state index contributed by atoms with van der Waals surface area (Å²) in [7, 11) is 0. The Morgan fingerprint density at radius 2 is 1.58 bits per heavy atom. The van der Waals surface area contributed by atoms with E-state index in [1.807, 2.05) is 18.2 Å². The van der Waals surface area contributed by atoms with Crippen LogP contribution in [0.2, 0.25) is 0 Å². The summed E-state index contributed by atoms with van der Waals surface area (Å²) in [4.78, 5) is 0. The molecule has 1 nitrogen and oxygen atoms in total. The number of hydrogen-bond donors (Lipinski definition) is 0. The summed E-state index contributed by atoms with van der Waals surface area (Å²) >= 11 is 0. The minimum absolute atomic E-state index is 0.294. The first kappa shape index (κ1) is 13.7. The molecule has 0 aliphatic heterocycles. The molecule has 0 bridgehead atoms. The van der Waals surface area contributed by atoms with Gasteiger partial charge in [0.05, 0.1) is 0 Å². The normalized spacial score (nSPS) is 11.4. The SMILES string of the molecule is Cc1ccc(Oc2cccc(CC(C)(C)C)c2)cc1. The first-order valence-electron chi connectivity index (χ1n) is 6.76. The molecule has 0 saturated heterocycles. The van der Waals surface area contributed by atoms with Crippen LogP contribution in [0.1, 0.15) is 31.9 Å². The Balaban J connectivity index is 2.13. The first-order chi connectivity index (χ1) is 8.92. The van der Waals surface area contributed by atoms with Crippen molar-refractivity contribution in [1.29, 1.82) is 0 Å². The Kier molecular flexibility index (Phi) is 3.94. The summed E-state index contributed by atoms with van der Waals surface area (Å²) in [5.74, 6) is 1.80. The average molecular weight is 254 g/mol. The van der Waals surface area contributed by atoms with Crippen molar-refractivity contribution in [3.8, 4) is 11.5 Å². The smallest absolute Gasteiger partial charge is 0.127 e. The van der Waals surface area contributed by atoms with Gasteiger partial charge in [0.1, 0.15) is 11.5 Å². The molecular formula is C18H22O. The quantitative estimate of drug-likeness (QED) is 0.715. The number of aryl methyl sites for hydroxylation is 1. The Bertz CT molecular complexity index is 532. The summed E-state index contributed by atoms with van der Waals surface area (Å²) in [5, 5.41) is 0. The van der Waals surface area contributed by atoms with Crippen molar-refractivity contribution >= 4 is 0 Å². The molecule has 0 N–H and O–H groups in total. The molecule has 0 atom stereocenters. The molecule has 2 aromatic carbocycles. The maximum atomic E-state index is 5.89. The fourth-order valence-corrected chi connectivity index (χ4v) is 2.07. The predicted octanol–water partition coefficient (Wildman–Crippen LogP) is 5.38. The van der Waals surface area contributed by atoms with Crippen LogP contribution in [0.3, 0.4) is 0 Å². The Labute approximate surface area is 116 Å². The Morgan fingerprint density at radius 1 is 0.895 bits per heavy atom. The minimum atomic E-state index is 0.294. The first-order valence-corrected chi connectivity index (χ1v) is 6.76. The molecule has 19 heavy (non-hydrogen) atoms. The molecule has 0 aliphatic rings. The molecule has 0 amide bonds. The lowest BCUT2D eigenvalue weighted by Gasteiger charge is -2.18. The van der Waals surface area contributed by atoms with Gasteiger partial charge in [-0.05, 0) is 48.6 Å². The lowest BCUT2D eigenvalue weighted by atomic mass is 9.88. The van der Waals surface area contributed by atoms with Crippen molar-refractivity contribution < 1.29 is 4.74 Å². The van der Waals surface area contributed by atoms with Crippen molar-refractivity contribution in [2.75, 3.05) is 0 Å². The third-order valence-electron chi connectivity index (χ3n) is 2.89. The largest absolute Gasteiger partial charge is 0.457 e. The molecule has 0 unspecified atom stereocenters. The van der Waals surface area contributed by atoms with Gasteiger partial charge < -0.3 is 4.74 Å². The number of rotatable bonds is 3. The van der Waals surface area contributed by atoms with Crippen molar-refractivity contribution in [2.45, 2.75) is 34.1 Å². The number of hydrogen-bond acceptors (Lipinski definition) is 1. The van der Waals surface area contributed by atoms with Crippen LogP contribution >= 0.6 is 0 Å². The summed E-state index contributed by atoms with van der Waals surface area (Å²) < 4.78 is 5.89. The fraction of sp³-hybridized carbons (Fsp3) is 0.333. The summed E-state index contributed by atoms with van der Waals surface area (Å²) in [6, 6.07) is 16.5. The molecule has 0 fully saturated rings. The van der Waals surface area contributed by atoms with Gasteiger partial charge in [-0.1, -0.05) is 50.6 Å². The van der Waals surface area contributed by atoms with E-state index in [9.17, 15) is 0 Å². The van der Waals surface area contributed by atoms with Gasteiger partial charge >= 0.3 is 0 Å². The highest BCUT2D eigenvalue weighted by atomic mass is 16.5. The van der Waals surface area contributed by atoms with Crippen LogP contribution in [-0.2, 0) is 6.42 Å². The van der Waals surface area contributed by atoms with Gasteiger partial charge in [0, 0.05) is 0 Å². The van der Waals surface area contributed by atoms with Gasteiger partial charge in [0.15, 0.2) is 0 Å². The molecule has 0 heterocycles. The van der Waals surface area contributed by atoms with Gasteiger partial charge in [-0.3, -0.25) is 0 Å². The summed E-state index contributed by atoms with van der Waals surface area (Å²) in [5.41, 5.74) is 2.86. The van der Waals surface area contributed by atoms with Gasteiger partial charge in [0.2, 0.25) is 0 Å². The zero-order valence-electron chi connectivity index (χ0n) is 12.2. The van der Waals surface area contributed by atoms with Crippen molar-refractivity contribution in [3.63, 3.8) is 0 Å². The Morgan fingerprint density at radius 3 is 2.21 bits per heavy atom. The zero-order chi connectivity index (χ0) is 13.9. The van der Waals surface area contributed by atoms with E-state index in [-0.39, 0.29) is 0 Å². The molecule has 100 valence electrons. The molecule has 0 aromatic heterocycles. The van der Waals surface area contributed by atoms with E-state index in [0.29, 0.717) is 5.41 Å². The monoisotopic (exact) mass is 254 g/mol. The second-order valence-electron chi connectivity index (χ2n) is 6.30. The molecule has 0 radical (unpaired) electrons. The number of benzene rings is 2. The molecule has 1 heteroatoms. The fourth-order valence-electron chi connectivity index (χ4n) is 2.07. The Hall–Kier alpha value is -1.76. The third kappa shape index (κ3) is 4.44. The zero-order valence-corrected chi connectivity index (χ0v) is 12.2. The molecule has 0 aliphatic carbocycles. The summed E-state index contributed by atoms with van der Waals surface area (Å²) in [6.07, 6.45) is 1.05. The number of ether oxygens (including phenoxy) is 1. The molecule has 2 rings (SSSR count). The molecule has 0 spiro atoms. The average Bonchev–Trinajstić information content (AvgIpc) is 2.30. The van der Waals surface area contributed by atoms with Crippen LogP contribution in [0.4, 0.5) is 0 Å². The minimum Gasteiger partial charge on any atom is -0.457 e. The van der Waals surface area contributed by atoms with E-state index in [4.69, 9.17) is 4.74 Å². The van der Waals surface area contributed by atoms with Crippen molar-refractivity contribution in [3.05, 3.63) is 59.7 Å². The maximum Gasteiger partial charge on any atom is 0.127 e. The van der Waals surface area contributed by atoms with E-state index in [1.54, 1.807) is 0 Å². The molecule has 2 aromatic rings. The van der Waals surface area contributed by atoms with Gasteiger partial charge in [-0.2, -0.15) is 0 Å². The van der Waals surface area contributed by atoms with Crippen LogP contribution in [0.25, 0.3) is 0 Å². The highest BCUT2D eigenvalue weighted by Gasteiger charge is 2.11. The topological polar surface area (TPSA) is 9.23 Å². The van der Waals surface area contributed by atoms with Gasteiger partial charge in [0.25, 0.3) is 0 Å². The van der Waals surface area contributed by atoms with Crippen LogP contribution in [0, 0.1) is 12.3 Å². The van der Waals surface area contributed by atoms with Crippen LogP contribution < -0.4 is 4.74 Å². The highest BCUT2D eigenvalue weighted by Crippen LogP contribution is 2.26. The van der Waals surface area contributed by atoms with E-state index in [1.165, 1.54) is 11.1 Å². The standard InChI is InChI=1S/C18H22O/c1-14-8-10-16(11-9-14)19-17-7-5-6-15(12-17)13-18(2,3)4/h5-12H,13H2,1-4H3. The van der Waals surface area contributed by atoms with Gasteiger partial charge in [-0.25, -0.2) is 0 Å². The second kappa shape index (κ2) is 5.48. The summed E-state index contributed by atoms with van der Waals surface area (Å²) in [6.45, 7) is 8.83. The lowest BCUT2D eigenvalue weighted by Crippen LogP contribution is -2.08. The maximum absolute atomic E-state index is 5.89.